The number of hydrogen-bond acceptors (Lipinski definition) is 8. The maximum absolute atomic E-state index is 13.1. The van der Waals surface area contributed by atoms with Crippen LogP contribution in [0.25, 0.3) is 11.1 Å². The normalized spacial score (nSPS) is 21.3. The number of pyridine rings is 1. The molecule has 256 valence electrons. The van der Waals surface area contributed by atoms with E-state index in [4.69, 9.17) is 14.2 Å². The van der Waals surface area contributed by atoms with Crippen LogP contribution in [-0.2, 0) is 32.2 Å². The first-order valence-corrected chi connectivity index (χ1v) is 17.0. The Balaban J connectivity index is 1.21. The number of hydrogen-bond donors (Lipinski definition) is 2. The van der Waals surface area contributed by atoms with E-state index in [0.29, 0.717) is 25.1 Å². The number of ether oxygens (including phenoxy) is 3. The van der Waals surface area contributed by atoms with Crippen LogP contribution in [0.1, 0.15) is 85.0 Å². The minimum atomic E-state index is -0.634. The van der Waals surface area contributed by atoms with E-state index in [-0.39, 0.29) is 36.7 Å². The summed E-state index contributed by atoms with van der Waals surface area (Å²) in [6.07, 6.45) is 4.44. The van der Waals surface area contributed by atoms with Gasteiger partial charge in [0.25, 0.3) is 5.91 Å². The molecule has 2 aliphatic heterocycles. The van der Waals surface area contributed by atoms with Gasteiger partial charge in [0.05, 0.1) is 24.4 Å². The van der Waals surface area contributed by atoms with Crippen molar-refractivity contribution in [1.29, 1.82) is 0 Å². The number of carbonyl (C=O) groups excluding carboxylic acids is 2. The van der Waals surface area contributed by atoms with Crippen LogP contribution in [0, 0.1) is 0 Å². The summed E-state index contributed by atoms with van der Waals surface area (Å²) in [5.41, 5.74) is 5.70. The molecular weight excluding hydrogens is 618 g/mol. The standard InChI is InChI=1S/C40H45N3O6/c1-40(2,3)49-38(46)35-13-7-19-43(35)25-34-22-36(29-16-14-27(26-44)15-17-29)48-39(47-34)32-11-5-10-31(21-32)30-9-4-8-28(20-30)23-42-37(45)33-12-6-18-41-24-33/h4-6,8-12,14-18,20-21,24,34-36,39,44H,7,13,19,22-23,25-26H2,1-3H3,(H,42,45)/t34-,35-,36+,39+/m0/s1. The Kier molecular flexibility index (Phi) is 10.8. The van der Waals surface area contributed by atoms with Crippen molar-refractivity contribution in [2.24, 2.45) is 0 Å². The van der Waals surface area contributed by atoms with Gasteiger partial charge in [-0.25, -0.2) is 0 Å². The Morgan fingerprint density at radius 3 is 2.45 bits per heavy atom. The van der Waals surface area contributed by atoms with Gasteiger partial charge in [-0.05, 0) is 92.2 Å². The molecule has 3 aromatic carbocycles. The van der Waals surface area contributed by atoms with Crippen LogP contribution in [0.2, 0.25) is 0 Å². The van der Waals surface area contributed by atoms with Gasteiger partial charge in [0.2, 0.25) is 0 Å². The highest BCUT2D eigenvalue weighted by molar-refractivity contribution is 5.93. The monoisotopic (exact) mass is 663 g/mol. The Morgan fingerprint density at radius 2 is 1.71 bits per heavy atom. The van der Waals surface area contributed by atoms with Crippen LogP contribution in [0.4, 0.5) is 0 Å². The van der Waals surface area contributed by atoms with Gasteiger partial charge in [-0.15, -0.1) is 0 Å². The van der Waals surface area contributed by atoms with Crippen molar-refractivity contribution < 1.29 is 28.9 Å². The molecule has 49 heavy (non-hydrogen) atoms. The number of carbonyl (C=O) groups is 2. The zero-order valence-electron chi connectivity index (χ0n) is 28.4. The van der Waals surface area contributed by atoms with Crippen molar-refractivity contribution in [2.75, 3.05) is 13.1 Å². The minimum absolute atomic E-state index is 0.0218. The maximum atomic E-state index is 13.1. The first kappa shape index (κ1) is 34.5. The highest BCUT2D eigenvalue weighted by Crippen LogP contribution is 2.39. The molecule has 1 aromatic heterocycles. The lowest BCUT2D eigenvalue weighted by Gasteiger charge is -2.38. The zero-order valence-corrected chi connectivity index (χ0v) is 28.4. The first-order valence-electron chi connectivity index (χ1n) is 17.0. The van der Waals surface area contributed by atoms with Crippen molar-refractivity contribution in [3.8, 4) is 11.1 Å². The highest BCUT2D eigenvalue weighted by Gasteiger charge is 2.39. The number of likely N-dealkylation sites (tertiary alicyclic amines) is 1. The van der Waals surface area contributed by atoms with Crippen molar-refractivity contribution in [3.63, 3.8) is 0 Å². The quantitative estimate of drug-likeness (QED) is 0.185. The number of aliphatic hydroxyl groups is 1. The number of amides is 1. The second-order valence-corrected chi connectivity index (χ2v) is 13.8. The largest absolute Gasteiger partial charge is 0.459 e. The van der Waals surface area contributed by atoms with Crippen molar-refractivity contribution in [3.05, 3.63) is 125 Å². The predicted molar refractivity (Wildman–Crippen MR) is 186 cm³/mol. The lowest BCUT2D eigenvalue weighted by molar-refractivity contribution is -0.253. The van der Waals surface area contributed by atoms with Crippen LogP contribution in [0.3, 0.4) is 0 Å². The first-order chi connectivity index (χ1) is 23.6. The summed E-state index contributed by atoms with van der Waals surface area (Å²) in [5, 5.41) is 12.6. The third-order valence-electron chi connectivity index (χ3n) is 8.89. The smallest absolute Gasteiger partial charge is 0.323 e. The van der Waals surface area contributed by atoms with Gasteiger partial charge in [-0.3, -0.25) is 19.5 Å². The van der Waals surface area contributed by atoms with Gasteiger partial charge in [-0.2, -0.15) is 0 Å². The lowest BCUT2D eigenvalue weighted by atomic mass is 9.98. The van der Waals surface area contributed by atoms with Crippen LogP contribution in [0.15, 0.2) is 97.3 Å². The van der Waals surface area contributed by atoms with Crippen LogP contribution < -0.4 is 5.32 Å². The molecule has 0 radical (unpaired) electrons. The number of aliphatic hydroxyl groups excluding tert-OH is 1. The van der Waals surface area contributed by atoms with Crippen LogP contribution in [-0.4, -0.2) is 57.7 Å². The van der Waals surface area contributed by atoms with Gasteiger partial charge < -0.3 is 24.6 Å². The van der Waals surface area contributed by atoms with Crippen LogP contribution in [0.5, 0.6) is 0 Å². The molecule has 1 amide bonds. The predicted octanol–water partition coefficient (Wildman–Crippen LogP) is 6.52. The number of rotatable bonds is 10. The molecule has 2 fully saturated rings. The molecule has 9 heteroatoms. The van der Waals surface area contributed by atoms with Crippen molar-refractivity contribution in [2.45, 2.75) is 83.3 Å². The fourth-order valence-corrected chi connectivity index (χ4v) is 6.48. The van der Waals surface area contributed by atoms with E-state index < -0.39 is 11.9 Å². The molecule has 0 spiro atoms. The van der Waals surface area contributed by atoms with Gasteiger partial charge in [0.15, 0.2) is 6.29 Å². The summed E-state index contributed by atoms with van der Waals surface area (Å²) >= 11 is 0. The van der Waals surface area contributed by atoms with E-state index in [1.54, 1.807) is 24.5 Å². The van der Waals surface area contributed by atoms with Gasteiger partial charge in [0, 0.05) is 37.5 Å². The molecule has 2 aliphatic rings. The SMILES string of the molecule is CC(C)(C)OC(=O)[C@@H]1CCCN1C[C@@H]1C[C@H](c2ccc(CO)cc2)O[C@H](c2cccc(-c3cccc(CNC(=O)c4cccnc4)c3)c2)O1. The van der Waals surface area contributed by atoms with E-state index in [2.05, 4.69) is 33.4 Å². The summed E-state index contributed by atoms with van der Waals surface area (Å²) in [6, 6.07) is 27.3. The topological polar surface area (TPSA) is 110 Å². The molecule has 0 bridgehead atoms. The Hall–Kier alpha value is -4.41. The fraction of sp³-hybridized carbons (Fsp3) is 0.375. The number of benzene rings is 3. The Morgan fingerprint density at radius 1 is 0.939 bits per heavy atom. The average Bonchev–Trinajstić information content (AvgIpc) is 3.58. The molecule has 4 aromatic rings. The number of aromatic nitrogens is 1. The fourth-order valence-electron chi connectivity index (χ4n) is 6.48. The molecule has 9 nitrogen and oxygen atoms in total. The third kappa shape index (κ3) is 8.99. The molecule has 2 saturated heterocycles. The molecule has 0 aliphatic carbocycles. The number of nitrogens with zero attached hydrogens (tertiary/aromatic N) is 2. The van der Waals surface area contributed by atoms with Gasteiger partial charge >= 0.3 is 5.97 Å². The Labute approximate surface area is 288 Å². The van der Waals surface area contributed by atoms with E-state index in [1.807, 2.05) is 75.4 Å². The Bertz CT molecular complexity index is 1720. The van der Waals surface area contributed by atoms with E-state index in [1.165, 1.54) is 0 Å². The van der Waals surface area contributed by atoms with Gasteiger partial charge in [-0.1, -0.05) is 60.7 Å². The zero-order chi connectivity index (χ0) is 34.4. The van der Waals surface area contributed by atoms with E-state index >= 15 is 0 Å². The maximum Gasteiger partial charge on any atom is 0.323 e. The summed E-state index contributed by atoms with van der Waals surface area (Å²) in [6.45, 7) is 7.45. The van der Waals surface area contributed by atoms with Crippen molar-refractivity contribution in [1.82, 2.24) is 15.2 Å². The second kappa shape index (κ2) is 15.4. The van der Waals surface area contributed by atoms with E-state index in [0.717, 1.165) is 52.8 Å². The molecule has 6 rings (SSSR count). The lowest BCUT2D eigenvalue weighted by Crippen LogP contribution is -2.45. The molecule has 0 unspecified atom stereocenters. The number of esters is 1. The molecule has 2 N–H and O–H groups in total. The molecule has 0 saturated carbocycles. The van der Waals surface area contributed by atoms with Crippen LogP contribution >= 0.6 is 0 Å². The highest BCUT2D eigenvalue weighted by atomic mass is 16.7. The van der Waals surface area contributed by atoms with E-state index in [9.17, 15) is 14.7 Å². The minimum Gasteiger partial charge on any atom is -0.459 e. The van der Waals surface area contributed by atoms with Gasteiger partial charge in [0.1, 0.15) is 11.6 Å². The molecule has 4 atom stereocenters. The molecular formula is C40H45N3O6. The molecule has 3 heterocycles. The average molecular weight is 664 g/mol. The summed E-state index contributed by atoms with van der Waals surface area (Å²) in [5.74, 6) is -0.357. The second-order valence-electron chi connectivity index (χ2n) is 13.8. The summed E-state index contributed by atoms with van der Waals surface area (Å²) in [7, 11) is 0. The van der Waals surface area contributed by atoms with Crippen molar-refractivity contribution >= 4 is 11.9 Å². The number of nitrogens with one attached hydrogen (secondary N) is 1. The summed E-state index contributed by atoms with van der Waals surface area (Å²) < 4.78 is 19.1. The summed E-state index contributed by atoms with van der Waals surface area (Å²) in [4.78, 5) is 31.9. The third-order valence-corrected chi connectivity index (χ3v) is 8.89.